The Morgan fingerprint density at radius 3 is 1.14 bits per heavy atom. The van der Waals surface area contributed by atoms with Crippen molar-refractivity contribution >= 4 is 0 Å². The van der Waals surface area contributed by atoms with Crippen molar-refractivity contribution in [3.8, 4) is 0 Å². The van der Waals surface area contributed by atoms with E-state index in [1.807, 2.05) is 62.5 Å². The van der Waals surface area contributed by atoms with Crippen LogP contribution < -0.4 is 0 Å². The molecule has 0 saturated heterocycles. The lowest BCUT2D eigenvalue weighted by molar-refractivity contribution is 1.49. The fourth-order valence-corrected chi connectivity index (χ4v) is 1.37. The van der Waals surface area contributed by atoms with E-state index in [0.717, 1.165) is 11.1 Å². The fraction of sp³-hybridized carbons (Fsp3) is 0.182. The van der Waals surface area contributed by atoms with Gasteiger partial charge in [0.2, 0.25) is 0 Å². The minimum atomic E-state index is 1.16. The third-order valence-corrected chi connectivity index (χ3v) is 2.91. The first kappa shape index (κ1) is 19.7. The number of rotatable bonds is 8. The molecule has 22 heavy (non-hydrogen) atoms. The van der Waals surface area contributed by atoms with Gasteiger partial charge in [0.25, 0.3) is 0 Å². The Hall–Kier alpha value is -2.34. The Labute approximate surface area is 136 Å². The van der Waals surface area contributed by atoms with Crippen LogP contribution in [0.4, 0.5) is 0 Å². The summed E-state index contributed by atoms with van der Waals surface area (Å²) in [5.74, 6) is 0. The van der Waals surface area contributed by atoms with Gasteiger partial charge in [-0.3, -0.25) is 0 Å². The van der Waals surface area contributed by atoms with Gasteiger partial charge in [-0.25, -0.2) is 0 Å². The van der Waals surface area contributed by atoms with E-state index in [1.54, 1.807) is 0 Å². The predicted molar refractivity (Wildman–Crippen MR) is 103 cm³/mol. The van der Waals surface area contributed by atoms with Crippen molar-refractivity contribution in [2.24, 2.45) is 0 Å². The van der Waals surface area contributed by atoms with Gasteiger partial charge in [-0.2, -0.15) is 0 Å². The zero-order valence-corrected chi connectivity index (χ0v) is 14.3. The molecular weight excluding hydrogens is 264 g/mol. The summed E-state index contributed by atoms with van der Waals surface area (Å²) in [6.07, 6.45) is 24.3. The fourth-order valence-electron chi connectivity index (χ4n) is 1.37. The first-order valence-corrected chi connectivity index (χ1v) is 7.46. The van der Waals surface area contributed by atoms with Gasteiger partial charge >= 0.3 is 0 Å². The van der Waals surface area contributed by atoms with E-state index in [2.05, 4.69) is 51.3 Å². The smallest absolute Gasteiger partial charge is 0.0398 e. The molecule has 0 aromatic rings. The van der Waals surface area contributed by atoms with E-state index >= 15 is 0 Å². The summed E-state index contributed by atoms with van der Waals surface area (Å²) in [6.45, 7) is 15.7. The summed E-state index contributed by atoms with van der Waals surface area (Å²) in [4.78, 5) is 0. The quantitative estimate of drug-likeness (QED) is 0.431. The number of hydrogen-bond donors (Lipinski definition) is 0. The number of hydrogen-bond acceptors (Lipinski definition) is 0. The van der Waals surface area contributed by atoms with Crippen LogP contribution in [0.25, 0.3) is 0 Å². The molecule has 0 amide bonds. The average molecular weight is 292 g/mol. The van der Waals surface area contributed by atoms with Crippen molar-refractivity contribution in [1.29, 1.82) is 0 Å². The lowest BCUT2D eigenvalue weighted by Crippen LogP contribution is -1.68. The maximum Gasteiger partial charge on any atom is -0.0398 e. The van der Waals surface area contributed by atoms with E-state index in [1.165, 1.54) is 11.1 Å². The van der Waals surface area contributed by atoms with Crippen LogP contribution in [0.2, 0.25) is 0 Å². The molecule has 0 N–H and O–H groups in total. The zero-order valence-electron chi connectivity index (χ0n) is 14.3. The molecule has 0 saturated carbocycles. The molecule has 0 aliphatic heterocycles. The molecule has 0 unspecified atom stereocenters. The summed E-state index contributed by atoms with van der Waals surface area (Å²) in [7, 11) is 0. The molecule has 0 aliphatic rings. The molecule has 0 radical (unpaired) electrons. The lowest BCUT2D eigenvalue weighted by atomic mass is 10.2. The van der Waals surface area contributed by atoms with Crippen LogP contribution in [0.1, 0.15) is 27.7 Å². The first-order chi connectivity index (χ1) is 10.5. The van der Waals surface area contributed by atoms with E-state index in [4.69, 9.17) is 0 Å². The Balaban J connectivity index is 4.53. The normalized spacial score (nSPS) is 15.3. The molecule has 0 fully saturated rings. The van der Waals surface area contributed by atoms with Crippen LogP contribution in [-0.4, -0.2) is 0 Å². The molecule has 0 heterocycles. The van der Waals surface area contributed by atoms with Gasteiger partial charge in [0.15, 0.2) is 0 Å². The molecule has 0 spiro atoms. The van der Waals surface area contributed by atoms with Gasteiger partial charge in [-0.1, -0.05) is 108 Å². The average Bonchev–Trinajstić information content (AvgIpc) is 2.51. The summed E-state index contributed by atoms with van der Waals surface area (Å²) in [6, 6.07) is 0. The van der Waals surface area contributed by atoms with Crippen LogP contribution in [0.5, 0.6) is 0 Å². The maximum atomic E-state index is 3.72. The minimum absolute atomic E-state index is 1.16. The topological polar surface area (TPSA) is 0 Å². The van der Waals surface area contributed by atoms with Crippen molar-refractivity contribution < 1.29 is 0 Å². The van der Waals surface area contributed by atoms with Crippen LogP contribution in [0.3, 0.4) is 0 Å². The highest BCUT2D eigenvalue weighted by Gasteiger charge is 1.80. The molecule has 0 aromatic heterocycles. The monoisotopic (exact) mass is 292 g/mol. The van der Waals surface area contributed by atoms with Crippen molar-refractivity contribution in [2.45, 2.75) is 27.7 Å². The predicted octanol–water partition coefficient (Wildman–Crippen LogP) is 6.81. The molecule has 0 rings (SSSR count). The van der Waals surface area contributed by atoms with Crippen molar-refractivity contribution in [3.05, 3.63) is 108 Å². The Bertz CT molecular complexity index is 515. The number of allylic oxidation sites excluding steroid dienone is 16. The molecule has 0 heteroatoms. The lowest BCUT2D eigenvalue weighted by Gasteiger charge is -1.89. The third-order valence-electron chi connectivity index (χ3n) is 2.91. The van der Waals surface area contributed by atoms with Gasteiger partial charge in [0, 0.05) is 0 Å². The van der Waals surface area contributed by atoms with Crippen molar-refractivity contribution in [1.82, 2.24) is 0 Å². The Kier molecular flexibility index (Phi) is 11.1. The molecule has 0 atom stereocenters. The second-order valence-corrected chi connectivity index (χ2v) is 5.15. The van der Waals surface area contributed by atoms with Gasteiger partial charge in [0.05, 0.1) is 0 Å². The summed E-state index contributed by atoms with van der Waals surface area (Å²) in [5.41, 5.74) is 4.72. The maximum absolute atomic E-state index is 3.72. The van der Waals surface area contributed by atoms with E-state index in [0.29, 0.717) is 0 Å². The van der Waals surface area contributed by atoms with Gasteiger partial charge < -0.3 is 0 Å². The highest BCUT2D eigenvalue weighted by molar-refractivity contribution is 5.31. The highest BCUT2D eigenvalue weighted by Crippen LogP contribution is 2.01. The largest absolute Gasteiger partial charge is 0.0988 e. The first-order valence-electron chi connectivity index (χ1n) is 7.46. The molecule has 0 bridgehead atoms. The Morgan fingerprint density at radius 1 is 0.500 bits per heavy atom. The third kappa shape index (κ3) is 11.5. The zero-order chi connectivity index (χ0) is 16.8. The van der Waals surface area contributed by atoms with Crippen molar-refractivity contribution in [2.75, 3.05) is 0 Å². The summed E-state index contributed by atoms with van der Waals surface area (Å²) in [5, 5.41) is 0. The van der Waals surface area contributed by atoms with Crippen LogP contribution in [0, 0.1) is 0 Å². The van der Waals surface area contributed by atoms with Crippen molar-refractivity contribution in [3.63, 3.8) is 0 Å². The second-order valence-electron chi connectivity index (χ2n) is 5.15. The molecular formula is C22H28. The summed E-state index contributed by atoms with van der Waals surface area (Å²) >= 11 is 0. The van der Waals surface area contributed by atoms with Gasteiger partial charge in [0.1, 0.15) is 0 Å². The standard InChI is InChI=1S/C22H28/c1-7-19(3)15-11-17-21(5)13-9-10-14-22(6)18-12-16-20(4)8-2/h7-18H,1-2H2,3-6H3. The minimum Gasteiger partial charge on any atom is -0.0988 e. The van der Waals surface area contributed by atoms with Gasteiger partial charge in [-0.15, -0.1) is 0 Å². The molecule has 0 aliphatic carbocycles. The summed E-state index contributed by atoms with van der Waals surface area (Å²) < 4.78 is 0. The highest BCUT2D eigenvalue weighted by atomic mass is 13.9. The van der Waals surface area contributed by atoms with Crippen LogP contribution in [-0.2, 0) is 0 Å². The molecule has 0 aromatic carbocycles. The van der Waals surface area contributed by atoms with E-state index in [-0.39, 0.29) is 0 Å². The van der Waals surface area contributed by atoms with E-state index < -0.39 is 0 Å². The van der Waals surface area contributed by atoms with Crippen LogP contribution >= 0.6 is 0 Å². The van der Waals surface area contributed by atoms with Gasteiger partial charge in [-0.05, 0) is 27.7 Å². The molecule has 0 nitrogen and oxygen atoms in total. The Morgan fingerprint density at radius 2 is 0.818 bits per heavy atom. The molecule has 116 valence electrons. The second kappa shape index (κ2) is 12.4. The SMILES string of the molecule is C=CC(C)=CC=CC(C)=CC=CC=C(C)C=CC=C(C)C=C. The van der Waals surface area contributed by atoms with Crippen LogP contribution in [0.15, 0.2) is 108 Å². The van der Waals surface area contributed by atoms with E-state index in [9.17, 15) is 0 Å².